The molecule has 1 saturated carbocycles. The molecule has 1 aromatic rings. The van der Waals surface area contributed by atoms with Crippen LogP contribution >= 0.6 is 0 Å². The maximum absolute atomic E-state index is 12.6. The summed E-state index contributed by atoms with van der Waals surface area (Å²) in [6, 6.07) is 5.85. The van der Waals surface area contributed by atoms with Crippen LogP contribution < -0.4 is 10.6 Å². The Balaban J connectivity index is 2.11. The van der Waals surface area contributed by atoms with E-state index in [0.717, 1.165) is 25.7 Å². The zero-order valence-electron chi connectivity index (χ0n) is 11.2. The number of nitrogens with zero attached hydrogens (tertiary/aromatic N) is 2. The van der Waals surface area contributed by atoms with Crippen LogP contribution in [-0.2, 0) is 4.79 Å². The van der Waals surface area contributed by atoms with Gasteiger partial charge in [0.15, 0.2) is 0 Å². The highest BCUT2D eigenvalue weighted by Crippen LogP contribution is 2.26. The van der Waals surface area contributed by atoms with Gasteiger partial charge < -0.3 is 5.73 Å². The zero-order chi connectivity index (χ0) is 13.7. The maximum atomic E-state index is 12.6. The monoisotopic (exact) mass is 259 g/mol. The Bertz CT molecular complexity index is 424. The Morgan fingerprint density at radius 3 is 2.74 bits per heavy atom. The van der Waals surface area contributed by atoms with Crippen molar-refractivity contribution in [3.05, 3.63) is 37.1 Å². The number of carbonyl (C=O) groups excluding carboxylic acids is 1. The molecule has 0 aromatic carbocycles. The van der Waals surface area contributed by atoms with E-state index in [9.17, 15) is 4.79 Å². The molecule has 2 N–H and O–H groups in total. The van der Waals surface area contributed by atoms with Gasteiger partial charge in [-0.05, 0) is 37.8 Å². The Morgan fingerprint density at radius 1 is 1.42 bits per heavy atom. The highest BCUT2D eigenvalue weighted by atomic mass is 16.2. The van der Waals surface area contributed by atoms with E-state index in [1.807, 2.05) is 18.2 Å². The van der Waals surface area contributed by atoms with Crippen molar-refractivity contribution < 1.29 is 4.79 Å². The highest BCUT2D eigenvalue weighted by molar-refractivity contribution is 5.94. The van der Waals surface area contributed by atoms with Crippen molar-refractivity contribution in [1.29, 1.82) is 0 Å². The molecule has 1 aliphatic rings. The smallest absolute Gasteiger partial charge is 0.231 e. The molecule has 1 aliphatic carbocycles. The van der Waals surface area contributed by atoms with Gasteiger partial charge in [-0.3, -0.25) is 9.69 Å². The number of anilines is 1. The average molecular weight is 259 g/mol. The van der Waals surface area contributed by atoms with E-state index < -0.39 is 0 Å². The number of hydrogen-bond acceptors (Lipinski definition) is 3. The molecule has 0 saturated heterocycles. The number of nitrogens with two attached hydrogens (primary N) is 1. The van der Waals surface area contributed by atoms with Gasteiger partial charge in [-0.25, -0.2) is 4.98 Å². The quantitative estimate of drug-likeness (QED) is 0.843. The predicted molar refractivity (Wildman–Crippen MR) is 76.7 cm³/mol. The second kappa shape index (κ2) is 6.48. The lowest BCUT2D eigenvalue weighted by molar-refractivity contribution is -0.123. The number of rotatable bonds is 4. The van der Waals surface area contributed by atoms with Crippen molar-refractivity contribution in [2.75, 3.05) is 11.4 Å². The normalized spacial score (nSPS) is 22.8. The molecule has 2 rings (SSSR count). The molecule has 1 amide bonds. The summed E-state index contributed by atoms with van der Waals surface area (Å²) in [6.45, 7) is 4.22. The van der Waals surface area contributed by atoms with Crippen molar-refractivity contribution in [3.63, 3.8) is 0 Å². The fraction of sp³-hybridized carbons (Fsp3) is 0.467. The van der Waals surface area contributed by atoms with Gasteiger partial charge in [0.05, 0.1) is 0 Å². The first-order valence-corrected chi connectivity index (χ1v) is 6.81. The molecular formula is C15H21N3O. The summed E-state index contributed by atoms with van der Waals surface area (Å²) in [4.78, 5) is 18.6. The molecule has 19 heavy (non-hydrogen) atoms. The van der Waals surface area contributed by atoms with Gasteiger partial charge >= 0.3 is 0 Å². The summed E-state index contributed by atoms with van der Waals surface area (Å²) >= 11 is 0. The fourth-order valence-electron chi connectivity index (χ4n) is 2.53. The average Bonchev–Trinajstić information content (AvgIpc) is 2.46. The van der Waals surface area contributed by atoms with Gasteiger partial charge in [0.25, 0.3) is 0 Å². The molecule has 0 spiro atoms. The van der Waals surface area contributed by atoms with Gasteiger partial charge in [-0.15, -0.1) is 6.58 Å². The van der Waals surface area contributed by atoms with Crippen LogP contribution in [0.4, 0.5) is 5.82 Å². The topological polar surface area (TPSA) is 59.2 Å². The SMILES string of the molecule is C=CCN(C(=O)C1CCC(N)CC1)c1ccccn1. The lowest BCUT2D eigenvalue weighted by Gasteiger charge is -2.30. The third-order valence-electron chi connectivity index (χ3n) is 3.62. The molecule has 0 atom stereocenters. The van der Waals surface area contributed by atoms with Gasteiger partial charge in [0.1, 0.15) is 5.82 Å². The van der Waals surface area contributed by atoms with E-state index in [1.54, 1.807) is 17.2 Å². The van der Waals surface area contributed by atoms with Crippen molar-refractivity contribution in [1.82, 2.24) is 4.98 Å². The fourth-order valence-corrected chi connectivity index (χ4v) is 2.53. The first kappa shape index (κ1) is 13.7. The second-order valence-electron chi connectivity index (χ2n) is 5.04. The van der Waals surface area contributed by atoms with E-state index >= 15 is 0 Å². The van der Waals surface area contributed by atoms with Crippen molar-refractivity contribution in [2.24, 2.45) is 11.7 Å². The Labute approximate surface area is 114 Å². The molecule has 1 fully saturated rings. The molecule has 0 aliphatic heterocycles. The molecule has 1 heterocycles. The zero-order valence-corrected chi connectivity index (χ0v) is 11.2. The van der Waals surface area contributed by atoms with E-state index in [4.69, 9.17) is 5.73 Å². The third-order valence-corrected chi connectivity index (χ3v) is 3.62. The first-order valence-electron chi connectivity index (χ1n) is 6.81. The Kier molecular flexibility index (Phi) is 4.68. The minimum Gasteiger partial charge on any atom is -0.328 e. The lowest BCUT2D eigenvalue weighted by atomic mass is 9.85. The van der Waals surface area contributed by atoms with Crippen LogP contribution in [0.15, 0.2) is 37.1 Å². The number of aromatic nitrogens is 1. The van der Waals surface area contributed by atoms with E-state index in [2.05, 4.69) is 11.6 Å². The van der Waals surface area contributed by atoms with Crippen LogP contribution in [0.5, 0.6) is 0 Å². The van der Waals surface area contributed by atoms with E-state index in [1.165, 1.54) is 0 Å². The van der Waals surface area contributed by atoms with Gasteiger partial charge in [-0.1, -0.05) is 12.1 Å². The van der Waals surface area contributed by atoms with E-state index in [-0.39, 0.29) is 17.9 Å². The molecule has 0 unspecified atom stereocenters. The van der Waals surface area contributed by atoms with Crippen LogP contribution in [0.1, 0.15) is 25.7 Å². The molecule has 4 heteroatoms. The molecule has 102 valence electrons. The minimum absolute atomic E-state index is 0.0711. The first-order chi connectivity index (χ1) is 9.22. The van der Waals surface area contributed by atoms with Crippen LogP contribution in [0.25, 0.3) is 0 Å². The van der Waals surface area contributed by atoms with Crippen molar-refractivity contribution in [3.8, 4) is 0 Å². The number of carbonyl (C=O) groups is 1. The maximum Gasteiger partial charge on any atom is 0.231 e. The summed E-state index contributed by atoms with van der Waals surface area (Å²) in [5.74, 6) is 0.912. The van der Waals surface area contributed by atoms with Crippen LogP contribution in [0.2, 0.25) is 0 Å². The molecule has 1 aromatic heterocycles. The third kappa shape index (κ3) is 3.41. The number of pyridine rings is 1. The van der Waals surface area contributed by atoms with Crippen molar-refractivity contribution in [2.45, 2.75) is 31.7 Å². The summed E-state index contributed by atoms with van der Waals surface area (Å²) in [5.41, 5.74) is 5.89. The van der Waals surface area contributed by atoms with Crippen LogP contribution in [0, 0.1) is 5.92 Å². The second-order valence-corrected chi connectivity index (χ2v) is 5.04. The molecule has 0 radical (unpaired) electrons. The summed E-state index contributed by atoms with van der Waals surface area (Å²) in [5, 5.41) is 0. The highest BCUT2D eigenvalue weighted by Gasteiger charge is 2.28. The predicted octanol–water partition coefficient (Wildman–Crippen LogP) is 2.12. The summed E-state index contributed by atoms with van der Waals surface area (Å²) in [6.07, 6.45) is 7.05. The summed E-state index contributed by atoms with van der Waals surface area (Å²) in [7, 11) is 0. The largest absolute Gasteiger partial charge is 0.328 e. The van der Waals surface area contributed by atoms with Crippen molar-refractivity contribution >= 4 is 11.7 Å². The van der Waals surface area contributed by atoms with Gasteiger partial charge in [0.2, 0.25) is 5.91 Å². The number of amides is 1. The Hall–Kier alpha value is -1.68. The lowest BCUT2D eigenvalue weighted by Crippen LogP contribution is -2.40. The summed E-state index contributed by atoms with van der Waals surface area (Å²) < 4.78 is 0. The standard InChI is InChI=1S/C15H21N3O/c1-2-11-18(14-5-3-4-10-17-14)15(19)12-6-8-13(16)9-7-12/h2-5,10,12-13H,1,6-9,11,16H2. The van der Waals surface area contributed by atoms with Crippen LogP contribution in [0.3, 0.4) is 0 Å². The minimum atomic E-state index is 0.0711. The van der Waals surface area contributed by atoms with Gasteiger partial charge in [0, 0.05) is 24.7 Å². The number of hydrogen-bond donors (Lipinski definition) is 1. The molecule has 4 nitrogen and oxygen atoms in total. The molecule has 0 bridgehead atoms. The molecular weight excluding hydrogens is 238 g/mol. The van der Waals surface area contributed by atoms with Gasteiger partial charge in [-0.2, -0.15) is 0 Å². The van der Waals surface area contributed by atoms with Crippen LogP contribution in [-0.4, -0.2) is 23.5 Å². The van der Waals surface area contributed by atoms with E-state index in [0.29, 0.717) is 12.4 Å². The Morgan fingerprint density at radius 2 is 2.16 bits per heavy atom.